The highest BCUT2D eigenvalue weighted by molar-refractivity contribution is 14.1. The van der Waals surface area contributed by atoms with Crippen LogP contribution in [0.15, 0.2) is 12.1 Å². The summed E-state index contributed by atoms with van der Waals surface area (Å²) in [4.78, 5) is 2.48. The van der Waals surface area contributed by atoms with Crippen LogP contribution < -0.4 is 11.1 Å². The van der Waals surface area contributed by atoms with E-state index in [1.165, 1.54) is 38.4 Å². The highest BCUT2D eigenvalue weighted by Gasteiger charge is 2.16. The van der Waals surface area contributed by atoms with Crippen molar-refractivity contribution in [3.63, 3.8) is 0 Å². The van der Waals surface area contributed by atoms with Crippen LogP contribution in [0, 0.1) is 9.39 Å². The quantitative estimate of drug-likeness (QED) is 0.625. The number of nitrogens with two attached hydrogens (primary N) is 1. The standard InChI is InChI=1S/C14H21FIN3/c1-10(19-5-3-2-4-6-19)9-18-14-7-11(15)12(16)8-13(14)17/h7-8,10,18H,2-6,9,17H2,1H3. The number of likely N-dealkylation sites (tertiary alicyclic amines) is 1. The van der Waals surface area contributed by atoms with Gasteiger partial charge in [-0.3, -0.25) is 4.90 Å². The first-order valence-electron chi connectivity index (χ1n) is 6.80. The maximum absolute atomic E-state index is 13.5. The smallest absolute Gasteiger partial charge is 0.138 e. The molecule has 5 heteroatoms. The van der Waals surface area contributed by atoms with Gasteiger partial charge < -0.3 is 11.1 Å². The van der Waals surface area contributed by atoms with E-state index in [4.69, 9.17) is 5.73 Å². The molecule has 0 spiro atoms. The minimum atomic E-state index is -0.220. The SMILES string of the molecule is CC(CNc1cc(F)c(I)cc1N)N1CCCCC1. The summed E-state index contributed by atoms with van der Waals surface area (Å²) in [5.74, 6) is -0.220. The third-order valence-electron chi connectivity index (χ3n) is 3.69. The lowest BCUT2D eigenvalue weighted by molar-refractivity contribution is 0.180. The highest BCUT2D eigenvalue weighted by Crippen LogP contribution is 2.24. The summed E-state index contributed by atoms with van der Waals surface area (Å²) in [5.41, 5.74) is 7.21. The Hall–Kier alpha value is -0.560. The van der Waals surface area contributed by atoms with Gasteiger partial charge in [0, 0.05) is 18.7 Å². The van der Waals surface area contributed by atoms with Crippen molar-refractivity contribution in [2.24, 2.45) is 0 Å². The second-order valence-corrected chi connectivity index (χ2v) is 6.34. The van der Waals surface area contributed by atoms with Crippen LogP contribution in [-0.4, -0.2) is 30.6 Å². The molecule has 2 rings (SSSR count). The molecule has 1 aromatic carbocycles. The number of hydrogen-bond acceptors (Lipinski definition) is 3. The van der Waals surface area contributed by atoms with E-state index in [2.05, 4.69) is 17.1 Å². The van der Waals surface area contributed by atoms with Gasteiger partial charge in [0.05, 0.1) is 14.9 Å². The number of piperidine rings is 1. The number of anilines is 2. The van der Waals surface area contributed by atoms with Crippen molar-refractivity contribution >= 4 is 34.0 Å². The Labute approximate surface area is 127 Å². The fourth-order valence-electron chi connectivity index (χ4n) is 2.46. The van der Waals surface area contributed by atoms with Gasteiger partial charge in [-0.25, -0.2) is 4.39 Å². The fraction of sp³-hybridized carbons (Fsp3) is 0.571. The summed E-state index contributed by atoms with van der Waals surface area (Å²) >= 11 is 1.95. The topological polar surface area (TPSA) is 41.3 Å². The second kappa shape index (κ2) is 6.74. The third-order valence-corrected chi connectivity index (χ3v) is 4.52. The molecule has 3 nitrogen and oxygen atoms in total. The van der Waals surface area contributed by atoms with E-state index >= 15 is 0 Å². The van der Waals surface area contributed by atoms with E-state index in [0.717, 1.165) is 6.54 Å². The molecule has 1 aliphatic rings. The number of nitrogens with one attached hydrogen (secondary N) is 1. The van der Waals surface area contributed by atoms with Crippen LogP contribution >= 0.6 is 22.6 Å². The van der Waals surface area contributed by atoms with Crippen molar-refractivity contribution in [1.82, 2.24) is 4.90 Å². The van der Waals surface area contributed by atoms with Gasteiger partial charge in [-0.2, -0.15) is 0 Å². The van der Waals surface area contributed by atoms with E-state index in [1.807, 2.05) is 22.6 Å². The normalized spacial score (nSPS) is 18.3. The fourth-order valence-corrected chi connectivity index (χ4v) is 2.95. The maximum Gasteiger partial charge on any atom is 0.138 e. The molecule has 0 aliphatic carbocycles. The minimum Gasteiger partial charge on any atom is -0.397 e. The molecule has 1 heterocycles. The number of hydrogen-bond donors (Lipinski definition) is 2. The second-order valence-electron chi connectivity index (χ2n) is 5.18. The predicted molar refractivity (Wildman–Crippen MR) is 86.9 cm³/mol. The summed E-state index contributed by atoms with van der Waals surface area (Å²) in [7, 11) is 0. The Bertz CT molecular complexity index is 433. The first-order chi connectivity index (χ1) is 9.08. The monoisotopic (exact) mass is 377 g/mol. The van der Waals surface area contributed by atoms with Crippen LogP contribution in [0.1, 0.15) is 26.2 Å². The van der Waals surface area contributed by atoms with Crippen molar-refractivity contribution in [3.05, 3.63) is 21.5 Å². The maximum atomic E-state index is 13.5. The van der Waals surface area contributed by atoms with Gasteiger partial charge in [-0.05, 0) is 61.5 Å². The molecule has 106 valence electrons. The summed E-state index contributed by atoms with van der Waals surface area (Å²) in [5, 5.41) is 3.27. The van der Waals surface area contributed by atoms with Crippen molar-refractivity contribution in [3.8, 4) is 0 Å². The molecule has 0 amide bonds. The first kappa shape index (κ1) is 14.8. The van der Waals surface area contributed by atoms with Crippen LogP contribution in [0.5, 0.6) is 0 Å². The van der Waals surface area contributed by atoms with Crippen molar-refractivity contribution < 1.29 is 4.39 Å². The van der Waals surface area contributed by atoms with E-state index in [9.17, 15) is 4.39 Å². The molecule has 1 unspecified atom stereocenters. The highest BCUT2D eigenvalue weighted by atomic mass is 127. The van der Waals surface area contributed by atoms with Crippen LogP contribution in [0.25, 0.3) is 0 Å². The molecule has 1 atom stereocenters. The average Bonchev–Trinajstić information content (AvgIpc) is 2.42. The predicted octanol–water partition coefficient (Wildman–Crippen LogP) is 3.30. The molecular weight excluding hydrogens is 356 g/mol. The number of benzene rings is 1. The lowest BCUT2D eigenvalue weighted by Crippen LogP contribution is -2.41. The van der Waals surface area contributed by atoms with Gasteiger partial charge in [-0.15, -0.1) is 0 Å². The van der Waals surface area contributed by atoms with Gasteiger partial charge in [0.25, 0.3) is 0 Å². The molecule has 1 aromatic rings. The Morgan fingerprint density at radius 3 is 2.74 bits per heavy atom. The zero-order valence-corrected chi connectivity index (χ0v) is 13.4. The summed E-state index contributed by atoms with van der Waals surface area (Å²) in [6, 6.07) is 3.60. The van der Waals surface area contributed by atoms with Crippen LogP contribution in [0.3, 0.4) is 0 Å². The third kappa shape index (κ3) is 3.95. The van der Waals surface area contributed by atoms with Crippen molar-refractivity contribution in [1.29, 1.82) is 0 Å². The summed E-state index contributed by atoms with van der Waals surface area (Å²) in [6.45, 7) is 5.33. The van der Waals surface area contributed by atoms with E-state index < -0.39 is 0 Å². The Morgan fingerprint density at radius 1 is 1.37 bits per heavy atom. The molecule has 0 saturated carbocycles. The summed E-state index contributed by atoms with van der Waals surface area (Å²) < 4.78 is 14.1. The molecule has 1 saturated heterocycles. The van der Waals surface area contributed by atoms with Crippen LogP contribution in [0.4, 0.5) is 15.8 Å². The van der Waals surface area contributed by atoms with E-state index in [0.29, 0.717) is 21.0 Å². The zero-order valence-electron chi connectivity index (χ0n) is 11.3. The first-order valence-corrected chi connectivity index (χ1v) is 7.88. The van der Waals surface area contributed by atoms with Gasteiger partial charge in [0.2, 0.25) is 0 Å². The number of rotatable bonds is 4. The molecule has 0 radical (unpaired) electrons. The van der Waals surface area contributed by atoms with Crippen LogP contribution in [-0.2, 0) is 0 Å². The molecule has 0 aromatic heterocycles. The van der Waals surface area contributed by atoms with E-state index in [1.54, 1.807) is 6.07 Å². The lowest BCUT2D eigenvalue weighted by atomic mass is 10.1. The van der Waals surface area contributed by atoms with Crippen molar-refractivity contribution in [2.45, 2.75) is 32.2 Å². The van der Waals surface area contributed by atoms with Gasteiger partial charge in [0.15, 0.2) is 0 Å². The van der Waals surface area contributed by atoms with E-state index in [-0.39, 0.29) is 5.82 Å². The summed E-state index contributed by atoms with van der Waals surface area (Å²) in [6.07, 6.45) is 3.90. The largest absolute Gasteiger partial charge is 0.397 e. The zero-order chi connectivity index (χ0) is 13.8. The Balaban J connectivity index is 1.92. The molecule has 3 N–H and O–H groups in total. The number of halogens is 2. The Kier molecular flexibility index (Phi) is 5.27. The van der Waals surface area contributed by atoms with Crippen LogP contribution in [0.2, 0.25) is 0 Å². The van der Waals surface area contributed by atoms with Gasteiger partial charge in [-0.1, -0.05) is 6.42 Å². The molecular formula is C14H21FIN3. The lowest BCUT2D eigenvalue weighted by Gasteiger charge is -2.32. The molecule has 0 bridgehead atoms. The number of nitrogens with zero attached hydrogens (tertiary/aromatic N) is 1. The molecule has 1 aliphatic heterocycles. The molecule has 19 heavy (non-hydrogen) atoms. The number of nitrogen functional groups attached to an aromatic ring is 1. The van der Waals surface area contributed by atoms with Gasteiger partial charge in [0.1, 0.15) is 5.82 Å². The van der Waals surface area contributed by atoms with Gasteiger partial charge >= 0.3 is 0 Å². The van der Waals surface area contributed by atoms with Crippen molar-refractivity contribution in [2.75, 3.05) is 30.7 Å². The Morgan fingerprint density at radius 2 is 2.05 bits per heavy atom. The average molecular weight is 377 g/mol. The minimum absolute atomic E-state index is 0.220. The molecule has 1 fully saturated rings.